The van der Waals surface area contributed by atoms with Crippen LogP contribution in [0.2, 0.25) is 0 Å². The normalized spacial score (nSPS) is 18.9. The number of carbonyl (C=O) groups is 2. The molecular weight excluding hydrogens is 206 g/mol. The summed E-state index contributed by atoms with van der Waals surface area (Å²) in [5.41, 5.74) is 5.36. The van der Waals surface area contributed by atoms with E-state index in [1.54, 1.807) is 6.92 Å². The van der Waals surface area contributed by atoms with E-state index in [-0.39, 0.29) is 24.4 Å². The quantitative estimate of drug-likeness (QED) is 0.627. The van der Waals surface area contributed by atoms with Crippen molar-refractivity contribution in [1.82, 2.24) is 10.6 Å². The van der Waals surface area contributed by atoms with Crippen molar-refractivity contribution < 1.29 is 9.59 Å². The van der Waals surface area contributed by atoms with Gasteiger partial charge in [-0.15, -0.1) is 0 Å². The summed E-state index contributed by atoms with van der Waals surface area (Å²) in [4.78, 5) is 22.6. The van der Waals surface area contributed by atoms with Crippen LogP contribution in [-0.2, 0) is 9.59 Å². The summed E-state index contributed by atoms with van der Waals surface area (Å²) in [6.45, 7) is 1.62. The van der Waals surface area contributed by atoms with Crippen molar-refractivity contribution in [3.8, 4) is 0 Å². The number of amides is 2. The lowest BCUT2D eigenvalue weighted by molar-refractivity contribution is -0.127. The Hall–Kier alpha value is -1.10. The van der Waals surface area contributed by atoms with Crippen molar-refractivity contribution in [3.05, 3.63) is 0 Å². The zero-order chi connectivity index (χ0) is 12.0. The number of nitrogens with one attached hydrogen (secondary N) is 2. The zero-order valence-corrected chi connectivity index (χ0v) is 9.79. The minimum Gasteiger partial charge on any atom is -0.352 e. The maximum atomic E-state index is 11.5. The van der Waals surface area contributed by atoms with Crippen LogP contribution in [0.4, 0.5) is 0 Å². The molecule has 0 aromatic rings. The summed E-state index contributed by atoms with van der Waals surface area (Å²) in [6.07, 6.45) is 5.71. The standard InChI is InChI=1S/C11H21N3O2/c1-8(12)11(16)13-7-10(15)14-9-5-3-2-4-6-9/h8-9H,2-7,12H2,1H3,(H,13,16)(H,14,15)/t8-/m0/s1. The van der Waals surface area contributed by atoms with E-state index in [4.69, 9.17) is 5.73 Å². The SMILES string of the molecule is C[C@H](N)C(=O)NCC(=O)NC1CCCCC1. The van der Waals surface area contributed by atoms with Gasteiger partial charge in [-0.25, -0.2) is 0 Å². The number of nitrogens with two attached hydrogens (primary N) is 1. The topological polar surface area (TPSA) is 84.2 Å². The van der Waals surface area contributed by atoms with Crippen LogP contribution in [0.15, 0.2) is 0 Å². The Morgan fingerprint density at radius 3 is 2.50 bits per heavy atom. The fourth-order valence-corrected chi connectivity index (χ4v) is 1.85. The van der Waals surface area contributed by atoms with Crippen molar-refractivity contribution in [1.29, 1.82) is 0 Å². The Labute approximate surface area is 96.1 Å². The molecule has 0 bridgehead atoms. The van der Waals surface area contributed by atoms with E-state index < -0.39 is 6.04 Å². The van der Waals surface area contributed by atoms with E-state index in [1.165, 1.54) is 19.3 Å². The van der Waals surface area contributed by atoms with Gasteiger partial charge in [-0.1, -0.05) is 19.3 Å². The van der Waals surface area contributed by atoms with Crippen LogP contribution >= 0.6 is 0 Å². The fourth-order valence-electron chi connectivity index (χ4n) is 1.85. The summed E-state index contributed by atoms with van der Waals surface area (Å²) >= 11 is 0. The molecule has 1 atom stereocenters. The van der Waals surface area contributed by atoms with Gasteiger partial charge in [0.2, 0.25) is 11.8 Å². The van der Waals surface area contributed by atoms with Gasteiger partial charge in [0, 0.05) is 6.04 Å². The van der Waals surface area contributed by atoms with Gasteiger partial charge in [0.15, 0.2) is 0 Å². The first-order valence-corrected chi connectivity index (χ1v) is 5.92. The molecule has 0 radical (unpaired) electrons. The van der Waals surface area contributed by atoms with E-state index in [0.29, 0.717) is 0 Å². The maximum absolute atomic E-state index is 11.5. The van der Waals surface area contributed by atoms with Crippen molar-refractivity contribution >= 4 is 11.8 Å². The highest BCUT2D eigenvalue weighted by Crippen LogP contribution is 2.16. The molecular formula is C11H21N3O2. The molecule has 1 aliphatic rings. The Balaban J connectivity index is 2.17. The van der Waals surface area contributed by atoms with Crippen molar-refractivity contribution in [2.45, 2.75) is 51.1 Å². The van der Waals surface area contributed by atoms with E-state index in [1.807, 2.05) is 0 Å². The first kappa shape index (κ1) is 13.0. The van der Waals surface area contributed by atoms with Crippen LogP contribution in [0.1, 0.15) is 39.0 Å². The first-order valence-electron chi connectivity index (χ1n) is 5.92. The van der Waals surface area contributed by atoms with Gasteiger partial charge >= 0.3 is 0 Å². The van der Waals surface area contributed by atoms with Crippen LogP contribution in [0.5, 0.6) is 0 Å². The van der Waals surface area contributed by atoms with Gasteiger partial charge in [-0.05, 0) is 19.8 Å². The summed E-state index contributed by atoms with van der Waals surface area (Å²) in [5.74, 6) is -0.417. The zero-order valence-electron chi connectivity index (χ0n) is 9.79. The highest BCUT2D eigenvalue weighted by Gasteiger charge is 2.16. The van der Waals surface area contributed by atoms with Gasteiger partial charge in [-0.2, -0.15) is 0 Å². The molecule has 1 saturated carbocycles. The molecule has 92 valence electrons. The molecule has 5 nitrogen and oxygen atoms in total. The van der Waals surface area contributed by atoms with E-state index in [2.05, 4.69) is 10.6 Å². The number of hydrogen-bond donors (Lipinski definition) is 3. The van der Waals surface area contributed by atoms with Crippen LogP contribution in [0.3, 0.4) is 0 Å². The number of hydrogen-bond acceptors (Lipinski definition) is 3. The smallest absolute Gasteiger partial charge is 0.239 e. The third-order valence-corrected chi connectivity index (χ3v) is 2.81. The molecule has 1 aliphatic carbocycles. The lowest BCUT2D eigenvalue weighted by atomic mass is 9.95. The minimum atomic E-state index is -0.567. The summed E-state index contributed by atoms with van der Waals surface area (Å²) in [7, 11) is 0. The number of carbonyl (C=O) groups excluding carboxylic acids is 2. The third kappa shape index (κ3) is 4.61. The van der Waals surface area contributed by atoms with Gasteiger partial charge < -0.3 is 16.4 Å². The molecule has 0 heterocycles. The highest BCUT2D eigenvalue weighted by molar-refractivity contribution is 5.87. The molecule has 0 saturated heterocycles. The van der Waals surface area contributed by atoms with Crippen molar-refractivity contribution in [2.24, 2.45) is 5.73 Å². The number of rotatable bonds is 4. The Morgan fingerprint density at radius 1 is 1.31 bits per heavy atom. The highest BCUT2D eigenvalue weighted by atomic mass is 16.2. The molecule has 2 amide bonds. The third-order valence-electron chi connectivity index (χ3n) is 2.81. The van der Waals surface area contributed by atoms with Crippen molar-refractivity contribution in [2.75, 3.05) is 6.54 Å². The Kier molecular flexibility index (Phi) is 5.25. The summed E-state index contributed by atoms with van der Waals surface area (Å²) in [5, 5.41) is 5.41. The molecule has 0 unspecified atom stereocenters. The van der Waals surface area contributed by atoms with Crippen LogP contribution in [-0.4, -0.2) is 30.4 Å². The average Bonchev–Trinajstić information content (AvgIpc) is 2.27. The molecule has 1 rings (SSSR count). The minimum absolute atomic E-state index is 0.0247. The van der Waals surface area contributed by atoms with Crippen LogP contribution in [0, 0.1) is 0 Å². The van der Waals surface area contributed by atoms with Gasteiger partial charge in [0.1, 0.15) is 0 Å². The van der Waals surface area contributed by atoms with E-state index >= 15 is 0 Å². The average molecular weight is 227 g/mol. The molecule has 5 heteroatoms. The van der Waals surface area contributed by atoms with Crippen molar-refractivity contribution in [3.63, 3.8) is 0 Å². The fraction of sp³-hybridized carbons (Fsp3) is 0.818. The molecule has 1 fully saturated rings. The Morgan fingerprint density at radius 2 is 1.94 bits per heavy atom. The van der Waals surface area contributed by atoms with E-state index in [0.717, 1.165) is 12.8 Å². The van der Waals surface area contributed by atoms with Gasteiger partial charge in [0.05, 0.1) is 12.6 Å². The summed E-state index contributed by atoms with van der Waals surface area (Å²) in [6, 6.07) is -0.282. The van der Waals surface area contributed by atoms with Gasteiger partial charge in [-0.3, -0.25) is 9.59 Å². The predicted octanol–water partition coefficient (Wildman–Crippen LogP) is -0.101. The maximum Gasteiger partial charge on any atom is 0.239 e. The molecule has 0 aromatic heterocycles. The lowest BCUT2D eigenvalue weighted by Crippen LogP contribution is -2.46. The molecule has 16 heavy (non-hydrogen) atoms. The van der Waals surface area contributed by atoms with Crippen LogP contribution in [0.25, 0.3) is 0 Å². The largest absolute Gasteiger partial charge is 0.352 e. The molecule has 0 spiro atoms. The Bertz CT molecular complexity index is 248. The lowest BCUT2D eigenvalue weighted by Gasteiger charge is -2.22. The summed E-state index contributed by atoms with van der Waals surface area (Å²) < 4.78 is 0. The monoisotopic (exact) mass is 227 g/mol. The molecule has 0 aliphatic heterocycles. The second-order valence-electron chi connectivity index (χ2n) is 4.41. The molecule has 0 aromatic carbocycles. The predicted molar refractivity (Wildman–Crippen MR) is 61.7 cm³/mol. The second kappa shape index (κ2) is 6.48. The van der Waals surface area contributed by atoms with E-state index in [9.17, 15) is 9.59 Å². The first-order chi connectivity index (χ1) is 7.59. The molecule has 4 N–H and O–H groups in total. The second-order valence-corrected chi connectivity index (χ2v) is 4.41. The van der Waals surface area contributed by atoms with Crippen LogP contribution < -0.4 is 16.4 Å². The van der Waals surface area contributed by atoms with Gasteiger partial charge in [0.25, 0.3) is 0 Å².